The second kappa shape index (κ2) is 14.4. The topological polar surface area (TPSA) is 191 Å². The summed E-state index contributed by atoms with van der Waals surface area (Å²) in [7, 11) is 1.48. The van der Waals surface area contributed by atoms with E-state index >= 15 is 0 Å². The number of allylic oxidation sites excluding steroid dienone is 2. The van der Waals surface area contributed by atoms with Gasteiger partial charge in [-0.05, 0) is 30.9 Å². The maximum Gasteiger partial charge on any atom is 0.342 e. The molecule has 46 heavy (non-hydrogen) atoms. The summed E-state index contributed by atoms with van der Waals surface area (Å²) in [5.41, 5.74) is 7.43. The van der Waals surface area contributed by atoms with Crippen LogP contribution in [-0.4, -0.2) is 66.9 Å². The molecule has 2 aliphatic rings. The van der Waals surface area contributed by atoms with Crippen molar-refractivity contribution in [3.05, 3.63) is 64.5 Å². The fourth-order valence-electron chi connectivity index (χ4n) is 5.54. The minimum absolute atomic E-state index is 0.0215. The van der Waals surface area contributed by atoms with Crippen LogP contribution >= 0.6 is 0 Å². The summed E-state index contributed by atoms with van der Waals surface area (Å²) in [5, 5.41) is 10.8. The Kier molecular flexibility index (Phi) is 10.6. The summed E-state index contributed by atoms with van der Waals surface area (Å²) in [6.07, 6.45) is 2.39. The Morgan fingerprint density at radius 3 is 2.52 bits per heavy atom. The number of aromatic hydroxyl groups is 1. The molecule has 246 valence electrons. The van der Waals surface area contributed by atoms with E-state index in [1.165, 1.54) is 37.8 Å². The van der Waals surface area contributed by atoms with E-state index in [1.54, 1.807) is 38.3 Å². The number of fused-ring (bicyclic) bond motifs is 1. The number of benzene rings is 1. The van der Waals surface area contributed by atoms with Gasteiger partial charge in [0.1, 0.15) is 41.9 Å². The van der Waals surface area contributed by atoms with Crippen molar-refractivity contribution in [2.75, 3.05) is 13.7 Å². The van der Waals surface area contributed by atoms with Crippen LogP contribution in [-0.2, 0) is 51.1 Å². The van der Waals surface area contributed by atoms with Gasteiger partial charge < -0.3 is 39.3 Å². The lowest BCUT2D eigenvalue weighted by Gasteiger charge is -2.21. The lowest BCUT2D eigenvalue weighted by molar-refractivity contribution is -0.765. The predicted molar refractivity (Wildman–Crippen MR) is 156 cm³/mol. The van der Waals surface area contributed by atoms with Gasteiger partial charge in [-0.25, -0.2) is 4.79 Å². The molecule has 1 amide bonds. The van der Waals surface area contributed by atoms with Crippen LogP contribution in [0.1, 0.15) is 70.8 Å². The normalized spacial score (nSPS) is 20.9. The Morgan fingerprint density at radius 2 is 1.87 bits per heavy atom. The minimum Gasteiger partial charge on any atom is -0.507 e. The van der Waals surface area contributed by atoms with Crippen molar-refractivity contribution in [3.8, 4) is 11.5 Å². The molecular weight excluding hydrogens is 604 g/mol. The molecule has 2 aliphatic heterocycles. The van der Waals surface area contributed by atoms with Gasteiger partial charge in [0.15, 0.2) is 18.5 Å². The average Bonchev–Trinajstić information content (AvgIpc) is 3.54. The van der Waals surface area contributed by atoms with E-state index in [0.29, 0.717) is 22.4 Å². The molecule has 4 rings (SSSR count). The van der Waals surface area contributed by atoms with Crippen molar-refractivity contribution >= 4 is 29.8 Å². The molecular formula is C32H37N2O12+. The fourth-order valence-corrected chi connectivity index (χ4v) is 5.54. The summed E-state index contributed by atoms with van der Waals surface area (Å²) >= 11 is 0. The quantitative estimate of drug-likeness (QED) is 0.148. The van der Waals surface area contributed by atoms with E-state index < -0.39 is 54.3 Å². The maximum absolute atomic E-state index is 12.8. The Hall–Kier alpha value is -4.98. The Morgan fingerprint density at radius 1 is 1.17 bits per heavy atom. The fraction of sp³-hybridized carbons (Fsp3) is 0.438. The molecule has 14 heteroatoms. The summed E-state index contributed by atoms with van der Waals surface area (Å²) in [4.78, 5) is 60.6. The number of amides is 1. The van der Waals surface area contributed by atoms with Crippen LogP contribution in [0.5, 0.6) is 11.5 Å². The van der Waals surface area contributed by atoms with Gasteiger partial charge in [-0.3, -0.25) is 19.2 Å². The van der Waals surface area contributed by atoms with Crippen molar-refractivity contribution in [3.63, 3.8) is 0 Å². The molecule has 1 aromatic carbocycles. The first-order valence-electron chi connectivity index (χ1n) is 14.5. The lowest BCUT2D eigenvalue weighted by atomic mass is 9.95. The number of cyclic esters (lactones) is 1. The number of nitrogens with zero attached hydrogens (tertiary/aromatic N) is 1. The Bertz CT molecular complexity index is 1570. The predicted octanol–water partition coefficient (Wildman–Crippen LogP) is 1.90. The molecule has 0 aliphatic carbocycles. The number of primary amides is 1. The highest BCUT2D eigenvalue weighted by Gasteiger charge is 2.54. The standard InChI is InChI=1S/C32H36N2O12/c1-16(8-6-10-21-26(38)25-22(14-43-32(25)40)17(2)27(21)41-5)12-24(37)42-15-23-28(44-18(3)35)29(45-19(4)36)31(46-23)34-11-7-9-20(13-34)30(33)39/h6-9,11,13,16,23,28-29,31H,10,12,14-15H2,1-5H3,(H2-,33,38,39,40)/p+1/b8-6+/t16?,23-,28-,29-,31-/m1/s1. The third kappa shape index (κ3) is 7.45. The first-order chi connectivity index (χ1) is 21.8. The third-order valence-corrected chi connectivity index (χ3v) is 7.62. The molecule has 0 radical (unpaired) electrons. The Balaban J connectivity index is 1.42. The van der Waals surface area contributed by atoms with E-state index in [-0.39, 0.29) is 48.8 Å². The number of rotatable bonds is 12. The van der Waals surface area contributed by atoms with Gasteiger partial charge in [-0.15, -0.1) is 0 Å². The van der Waals surface area contributed by atoms with Crippen LogP contribution in [0.4, 0.5) is 0 Å². The zero-order valence-corrected chi connectivity index (χ0v) is 26.1. The molecule has 1 saturated heterocycles. The first-order valence-corrected chi connectivity index (χ1v) is 14.5. The molecule has 1 fully saturated rings. The van der Waals surface area contributed by atoms with Crippen LogP contribution in [0.2, 0.25) is 0 Å². The van der Waals surface area contributed by atoms with Crippen molar-refractivity contribution in [2.45, 2.75) is 71.7 Å². The number of aromatic nitrogens is 1. The van der Waals surface area contributed by atoms with Crippen LogP contribution in [0, 0.1) is 12.8 Å². The molecule has 14 nitrogen and oxygen atoms in total. The van der Waals surface area contributed by atoms with E-state index in [1.807, 2.05) is 0 Å². The highest BCUT2D eigenvalue weighted by Crippen LogP contribution is 2.42. The van der Waals surface area contributed by atoms with Crippen molar-refractivity contribution < 1.29 is 62.1 Å². The number of nitrogens with two attached hydrogens (primary N) is 1. The van der Waals surface area contributed by atoms with Crippen molar-refractivity contribution in [1.29, 1.82) is 0 Å². The van der Waals surface area contributed by atoms with E-state index in [9.17, 15) is 29.1 Å². The van der Waals surface area contributed by atoms with Gasteiger partial charge >= 0.3 is 30.1 Å². The number of phenolic OH excluding ortho intramolecular Hbond substituents is 1. The SMILES string of the molecule is COc1c(C)c2c(c(O)c1C/C=C/C(C)CC(=O)OC[C@H]1O[C@@H]([n+]3cccc(C(N)=O)c3)[C@H](OC(C)=O)[C@@H]1OC(C)=O)C(=O)OC2. The van der Waals surface area contributed by atoms with Crippen LogP contribution in [0.25, 0.3) is 0 Å². The number of methoxy groups -OCH3 is 1. The number of esters is 4. The van der Waals surface area contributed by atoms with Crippen LogP contribution < -0.4 is 15.0 Å². The zero-order chi connectivity index (χ0) is 33.7. The number of pyridine rings is 1. The zero-order valence-electron chi connectivity index (χ0n) is 26.1. The average molecular weight is 642 g/mol. The van der Waals surface area contributed by atoms with Crippen LogP contribution in [0.15, 0.2) is 36.7 Å². The largest absolute Gasteiger partial charge is 0.507 e. The highest BCUT2D eigenvalue weighted by molar-refractivity contribution is 5.98. The molecule has 3 N–H and O–H groups in total. The number of phenols is 1. The molecule has 3 heterocycles. The van der Waals surface area contributed by atoms with Gasteiger partial charge in [0.25, 0.3) is 5.91 Å². The minimum atomic E-state index is -1.13. The van der Waals surface area contributed by atoms with E-state index in [2.05, 4.69) is 0 Å². The molecule has 1 aromatic heterocycles. The van der Waals surface area contributed by atoms with E-state index in [4.69, 9.17) is 34.2 Å². The van der Waals surface area contributed by atoms with Crippen molar-refractivity contribution in [2.24, 2.45) is 11.7 Å². The second-order valence-corrected chi connectivity index (χ2v) is 11.0. The van der Waals surface area contributed by atoms with Gasteiger partial charge in [0, 0.05) is 31.0 Å². The lowest BCUT2D eigenvalue weighted by Crippen LogP contribution is -2.48. The smallest absolute Gasteiger partial charge is 0.342 e. The number of carbonyl (C=O) groups excluding carboxylic acids is 5. The molecule has 0 bridgehead atoms. The molecule has 1 unspecified atom stereocenters. The van der Waals surface area contributed by atoms with Gasteiger partial charge in [-0.2, -0.15) is 4.57 Å². The van der Waals surface area contributed by atoms with Gasteiger partial charge in [0.2, 0.25) is 6.10 Å². The second-order valence-electron chi connectivity index (χ2n) is 11.0. The Labute approximate surface area is 265 Å². The number of hydrogen-bond donors (Lipinski definition) is 2. The van der Waals surface area contributed by atoms with Gasteiger partial charge in [-0.1, -0.05) is 19.1 Å². The molecule has 0 spiro atoms. The highest BCUT2D eigenvalue weighted by atomic mass is 16.7. The van der Waals surface area contributed by atoms with E-state index in [0.717, 1.165) is 0 Å². The monoisotopic (exact) mass is 641 g/mol. The number of carbonyl (C=O) groups is 5. The number of hydrogen-bond acceptors (Lipinski definition) is 12. The van der Waals surface area contributed by atoms with Crippen LogP contribution in [0.3, 0.4) is 0 Å². The summed E-state index contributed by atoms with van der Waals surface area (Å²) in [6.45, 7) is 5.69. The molecule has 0 saturated carbocycles. The number of ether oxygens (including phenoxy) is 6. The first kappa shape index (κ1) is 33.9. The molecule has 5 atom stereocenters. The van der Waals surface area contributed by atoms with Gasteiger partial charge in [0.05, 0.1) is 13.5 Å². The third-order valence-electron chi connectivity index (χ3n) is 7.62. The summed E-state index contributed by atoms with van der Waals surface area (Å²) in [5.74, 6) is -3.22. The van der Waals surface area contributed by atoms with Crippen molar-refractivity contribution in [1.82, 2.24) is 0 Å². The molecule has 2 aromatic rings. The summed E-state index contributed by atoms with van der Waals surface area (Å²) in [6, 6.07) is 3.04. The summed E-state index contributed by atoms with van der Waals surface area (Å²) < 4.78 is 34.5. The maximum atomic E-state index is 12.8.